The summed E-state index contributed by atoms with van der Waals surface area (Å²) in [5.74, 6) is -0.506. The summed E-state index contributed by atoms with van der Waals surface area (Å²) < 4.78 is 0. The van der Waals surface area contributed by atoms with E-state index in [0.29, 0.717) is 5.17 Å². The third kappa shape index (κ3) is 2.41. The van der Waals surface area contributed by atoms with Crippen molar-refractivity contribution in [2.75, 3.05) is 12.8 Å². The second kappa shape index (κ2) is 4.75. The highest BCUT2D eigenvalue weighted by Crippen LogP contribution is 2.26. The molecule has 90 valence electrons. The second-order valence-electron chi connectivity index (χ2n) is 3.85. The van der Waals surface area contributed by atoms with Gasteiger partial charge in [0, 0.05) is 7.05 Å². The van der Waals surface area contributed by atoms with E-state index in [0.717, 1.165) is 0 Å². The lowest BCUT2D eigenvalue weighted by atomic mass is 9.93. The number of aliphatic imine (C=N–C) groups is 1. The summed E-state index contributed by atoms with van der Waals surface area (Å²) in [4.78, 5) is 28.7. The van der Waals surface area contributed by atoms with Gasteiger partial charge in [0.05, 0.1) is 17.7 Å². The Kier molecular flexibility index (Phi) is 3.33. The Morgan fingerprint density at radius 1 is 1.53 bits per heavy atom. The van der Waals surface area contributed by atoms with Crippen LogP contribution in [0.2, 0.25) is 0 Å². The minimum Gasteiger partial charge on any atom is -0.369 e. The van der Waals surface area contributed by atoms with Gasteiger partial charge < -0.3 is 5.73 Å². The Balaban J connectivity index is 2.19. The molecule has 0 saturated heterocycles. The van der Waals surface area contributed by atoms with Crippen LogP contribution in [-0.4, -0.2) is 40.7 Å². The maximum Gasteiger partial charge on any atom is 0.237 e. The number of amides is 2. The molecule has 1 aliphatic carbocycles. The fourth-order valence-corrected chi connectivity index (χ4v) is 2.50. The van der Waals surface area contributed by atoms with Crippen molar-refractivity contribution in [3.8, 4) is 0 Å². The van der Waals surface area contributed by atoms with Gasteiger partial charge in [0.2, 0.25) is 11.8 Å². The fraction of sp³-hybridized carbons (Fsp3) is 0.364. The number of nitrogens with zero attached hydrogens (tertiary/aromatic N) is 2. The van der Waals surface area contributed by atoms with Crippen LogP contribution >= 0.6 is 11.8 Å². The van der Waals surface area contributed by atoms with E-state index >= 15 is 0 Å². The molecule has 0 unspecified atom stereocenters. The van der Waals surface area contributed by atoms with Gasteiger partial charge in [0.15, 0.2) is 5.17 Å². The monoisotopic (exact) mass is 251 g/mol. The lowest BCUT2D eigenvalue weighted by Gasteiger charge is -2.32. The number of amidine groups is 1. The number of hydrogen-bond donors (Lipinski definition) is 1. The van der Waals surface area contributed by atoms with Crippen molar-refractivity contribution in [3.63, 3.8) is 0 Å². The molecule has 17 heavy (non-hydrogen) atoms. The molecule has 0 radical (unpaired) electrons. The molecule has 0 aromatic carbocycles. The molecule has 0 fully saturated rings. The number of allylic oxidation sites excluding steroid dienone is 2. The van der Waals surface area contributed by atoms with Crippen LogP contribution in [0.3, 0.4) is 0 Å². The third-order valence-electron chi connectivity index (χ3n) is 2.61. The van der Waals surface area contributed by atoms with Crippen LogP contribution in [0.4, 0.5) is 0 Å². The quantitative estimate of drug-likeness (QED) is 0.758. The first-order valence-electron chi connectivity index (χ1n) is 5.21. The zero-order chi connectivity index (χ0) is 12.4. The number of rotatable bonds is 2. The third-order valence-corrected chi connectivity index (χ3v) is 3.68. The Bertz CT molecular complexity index is 442. The molecule has 0 spiro atoms. The van der Waals surface area contributed by atoms with E-state index in [4.69, 9.17) is 5.73 Å². The van der Waals surface area contributed by atoms with Gasteiger partial charge in [-0.1, -0.05) is 36.1 Å². The number of thioether (sulfide) groups is 1. The topological polar surface area (TPSA) is 75.8 Å². The summed E-state index contributed by atoms with van der Waals surface area (Å²) in [6.07, 6.45) is 7.46. The van der Waals surface area contributed by atoms with E-state index in [2.05, 4.69) is 4.99 Å². The molecule has 2 atom stereocenters. The maximum atomic E-state index is 12.0. The average molecular weight is 251 g/mol. The van der Waals surface area contributed by atoms with Gasteiger partial charge in [-0.05, 0) is 0 Å². The van der Waals surface area contributed by atoms with Gasteiger partial charge in [0.1, 0.15) is 0 Å². The number of primary amides is 1. The first-order valence-corrected chi connectivity index (χ1v) is 6.19. The highest BCUT2D eigenvalue weighted by atomic mass is 32.2. The lowest BCUT2D eigenvalue weighted by molar-refractivity contribution is -0.129. The maximum absolute atomic E-state index is 12.0. The van der Waals surface area contributed by atoms with E-state index in [1.54, 1.807) is 7.05 Å². The zero-order valence-corrected chi connectivity index (χ0v) is 10.2. The van der Waals surface area contributed by atoms with E-state index in [1.165, 1.54) is 16.7 Å². The van der Waals surface area contributed by atoms with Crippen LogP contribution in [-0.2, 0) is 9.59 Å². The van der Waals surface area contributed by atoms with Crippen molar-refractivity contribution in [2.24, 2.45) is 16.6 Å². The van der Waals surface area contributed by atoms with Crippen molar-refractivity contribution in [1.82, 2.24) is 4.90 Å². The van der Waals surface area contributed by atoms with Gasteiger partial charge in [-0.25, -0.2) is 0 Å². The van der Waals surface area contributed by atoms with Gasteiger partial charge in [0.25, 0.3) is 0 Å². The van der Waals surface area contributed by atoms with Crippen molar-refractivity contribution < 1.29 is 9.59 Å². The molecule has 6 heteroatoms. The van der Waals surface area contributed by atoms with Gasteiger partial charge >= 0.3 is 0 Å². The molecule has 0 aromatic rings. The molecule has 0 saturated carbocycles. The minimum absolute atomic E-state index is 0.00225. The van der Waals surface area contributed by atoms with Crippen molar-refractivity contribution >= 4 is 28.7 Å². The summed E-state index contributed by atoms with van der Waals surface area (Å²) in [5.41, 5.74) is 5.08. The molecular weight excluding hydrogens is 238 g/mol. The smallest absolute Gasteiger partial charge is 0.237 e. The Morgan fingerprint density at radius 3 is 2.94 bits per heavy atom. The Hall–Kier alpha value is -1.56. The SMILES string of the molecule is CN1C(=O)[C@@H]2C=CC=C[C@@H]2N=C1SCC(N)=O. The van der Waals surface area contributed by atoms with Crippen molar-refractivity contribution in [3.05, 3.63) is 24.3 Å². The molecule has 1 heterocycles. The number of fused-ring (bicyclic) bond motifs is 1. The molecule has 0 bridgehead atoms. The average Bonchev–Trinajstić information content (AvgIpc) is 2.32. The molecule has 1 aliphatic heterocycles. The lowest BCUT2D eigenvalue weighted by Crippen LogP contribution is -2.45. The minimum atomic E-state index is -0.417. The number of hydrogen-bond acceptors (Lipinski definition) is 4. The molecule has 2 aliphatic rings. The summed E-state index contributed by atoms with van der Waals surface area (Å²) >= 11 is 1.20. The molecule has 2 amide bonds. The number of carbonyl (C=O) groups is 2. The normalized spacial score (nSPS) is 26.8. The highest BCUT2D eigenvalue weighted by molar-refractivity contribution is 8.14. The standard InChI is InChI=1S/C11H13N3O2S/c1-14-10(16)7-4-2-3-5-8(7)13-11(14)17-6-9(12)15/h2-5,7-8H,6H2,1H3,(H2,12,15)/t7-,8+/m1/s1. The van der Waals surface area contributed by atoms with Crippen molar-refractivity contribution in [2.45, 2.75) is 6.04 Å². The Morgan fingerprint density at radius 2 is 2.24 bits per heavy atom. The number of nitrogens with two attached hydrogens (primary N) is 1. The predicted octanol–water partition coefficient (Wildman–Crippen LogP) is 0.144. The molecule has 5 nitrogen and oxygen atoms in total. The van der Waals surface area contributed by atoms with Crippen LogP contribution in [0, 0.1) is 5.92 Å². The molecule has 0 aromatic heterocycles. The van der Waals surface area contributed by atoms with Crippen LogP contribution < -0.4 is 5.73 Å². The summed E-state index contributed by atoms with van der Waals surface area (Å²) in [5, 5.41) is 0.551. The highest BCUT2D eigenvalue weighted by Gasteiger charge is 2.34. The second-order valence-corrected chi connectivity index (χ2v) is 4.79. The fourth-order valence-electron chi connectivity index (χ4n) is 1.75. The van der Waals surface area contributed by atoms with Crippen LogP contribution in [0.25, 0.3) is 0 Å². The van der Waals surface area contributed by atoms with Crippen molar-refractivity contribution in [1.29, 1.82) is 0 Å². The van der Waals surface area contributed by atoms with Gasteiger partial charge in [-0.2, -0.15) is 0 Å². The van der Waals surface area contributed by atoms with E-state index in [1.807, 2.05) is 24.3 Å². The molecule has 2 N–H and O–H groups in total. The predicted molar refractivity (Wildman–Crippen MR) is 67.4 cm³/mol. The Labute approximate surface area is 103 Å². The summed E-state index contributed by atoms with van der Waals surface area (Å²) in [6, 6.07) is -0.154. The summed E-state index contributed by atoms with van der Waals surface area (Å²) in [6.45, 7) is 0. The van der Waals surface area contributed by atoms with Gasteiger partial charge in [-0.3, -0.25) is 19.5 Å². The van der Waals surface area contributed by atoms with E-state index in [-0.39, 0.29) is 23.6 Å². The zero-order valence-electron chi connectivity index (χ0n) is 9.37. The van der Waals surface area contributed by atoms with Crippen LogP contribution in [0.15, 0.2) is 29.3 Å². The van der Waals surface area contributed by atoms with Crippen LogP contribution in [0.5, 0.6) is 0 Å². The first-order chi connectivity index (χ1) is 8.09. The van der Waals surface area contributed by atoms with Crippen LogP contribution in [0.1, 0.15) is 0 Å². The molecule has 2 rings (SSSR count). The van der Waals surface area contributed by atoms with E-state index < -0.39 is 5.91 Å². The largest absolute Gasteiger partial charge is 0.369 e. The summed E-state index contributed by atoms with van der Waals surface area (Å²) in [7, 11) is 1.66. The molecular formula is C11H13N3O2S. The van der Waals surface area contributed by atoms with E-state index in [9.17, 15) is 9.59 Å². The first kappa shape index (κ1) is 11.9. The van der Waals surface area contributed by atoms with Gasteiger partial charge in [-0.15, -0.1) is 0 Å². The number of carbonyl (C=O) groups excluding carboxylic acids is 2.